The van der Waals surface area contributed by atoms with Crippen molar-refractivity contribution in [1.82, 2.24) is 31.6 Å². The third kappa shape index (κ3) is 11.2. The zero-order valence-electron chi connectivity index (χ0n) is 41.5. The lowest BCUT2D eigenvalue weighted by Crippen LogP contribution is -2.64. The van der Waals surface area contributed by atoms with Gasteiger partial charge in [0.05, 0.1) is 12.1 Å². The molecule has 386 valence electrons. The number of aromatic hydroxyl groups is 1. The van der Waals surface area contributed by atoms with Gasteiger partial charge in [-0.05, 0) is 92.6 Å². The van der Waals surface area contributed by atoms with Gasteiger partial charge in [0.15, 0.2) is 18.2 Å². The summed E-state index contributed by atoms with van der Waals surface area (Å²) in [5.74, 6) is -4.86. The Morgan fingerprint density at radius 3 is 1.81 bits per heavy atom. The maximum atomic E-state index is 15.5. The average molecular weight is 1010 g/mol. The van der Waals surface area contributed by atoms with Crippen molar-refractivity contribution in [3.63, 3.8) is 0 Å². The molecule has 6 aromatic rings. The summed E-state index contributed by atoms with van der Waals surface area (Å²) in [5, 5.41) is 25.6. The lowest BCUT2D eigenvalue weighted by molar-refractivity contribution is -0.208. The Morgan fingerprint density at radius 2 is 1.19 bits per heavy atom. The Morgan fingerprint density at radius 1 is 0.635 bits per heavy atom. The molecule has 9 N–H and O–H groups in total. The molecule has 3 aliphatic heterocycles. The molecule has 1 unspecified atom stereocenters. The van der Waals surface area contributed by atoms with Crippen molar-refractivity contribution in [3.8, 4) is 5.75 Å². The minimum atomic E-state index is -1.50. The largest absolute Gasteiger partial charge is 0.508 e. The van der Waals surface area contributed by atoms with Crippen molar-refractivity contribution in [2.45, 2.75) is 119 Å². The Bertz CT molecular complexity index is 2820. The van der Waals surface area contributed by atoms with Gasteiger partial charge < -0.3 is 61.4 Å². The van der Waals surface area contributed by atoms with Crippen LogP contribution in [-0.4, -0.2) is 107 Å². The number of amides is 5. The number of ether oxygens (including phenoxy) is 4. The lowest BCUT2D eigenvalue weighted by Gasteiger charge is -2.40. The van der Waals surface area contributed by atoms with Gasteiger partial charge in [0.2, 0.25) is 23.6 Å². The maximum Gasteiger partial charge on any atom is 0.252 e. The van der Waals surface area contributed by atoms with E-state index in [4.69, 9.17) is 24.7 Å². The number of carbonyl (C=O) groups is 5. The predicted octanol–water partition coefficient (Wildman–Crippen LogP) is 4.50. The second-order valence-electron chi connectivity index (χ2n) is 19.6. The number of rotatable bonds is 14. The number of nitrogens with one attached hydrogen (secondary N) is 6. The highest BCUT2D eigenvalue weighted by Gasteiger charge is 2.58. The third-order valence-corrected chi connectivity index (χ3v) is 13.9. The van der Waals surface area contributed by atoms with E-state index < -0.39 is 95.7 Å². The summed E-state index contributed by atoms with van der Waals surface area (Å²) in [5.41, 5.74) is 8.90. The van der Waals surface area contributed by atoms with Gasteiger partial charge in [-0.25, -0.2) is 0 Å². The van der Waals surface area contributed by atoms with E-state index in [-0.39, 0.29) is 25.0 Å². The summed E-state index contributed by atoms with van der Waals surface area (Å²) < 4.78 is 26.1. The van der Waals surface area contributed by atoms with E-state index in [1.165, 1.54) is 12.1 Å². The Labute approximate surface area is 429 Å². The van der Waals surface area contributed by atoms with Crippen LogP contribution in [0.15, 0.2) is 146 Å². The fourth-order valence-electron chi connectivity index (χ4n) is 10.2. The molecule has 0 saturated carbocycles. The van der Waals surface area contributed by atoms with E-state index in [0.29, 0.717) is 30.5 Å². The van der Waals surface area contributed by atoms with Gasteiger partial charge in [0.1, 0.15) is 41.6 Å². The van der Waals surface area contributed by atoms with Crippen molar-refractivity contribution in [2.24, 2.45) is 5.73 Å². The smallest absolute Gasteiger partial charge is 0.252 e. The van der Waals surface area contributed by atoms with Gasteiger partial charge in [0, 0.05) is 29.9 Å². The molecule has 4 heterocycles. The van der Waals surface area contributed by atoms with Crippen LogP contribution in [0, 0.1) is 0 Å². The highest BCUT2D eigenvalue weighted by atomic mass is 16.8. The quantitative estimate of drug-likeness (QED) is 0.0558. The molecule has 0 bridgehead atoms. The number of H-pyrrole nitrogens is 1. The van der Waals surface area contributed by atoms with E-state index in [1.807, 2.05) is 115 Å². The Hall–Kier alpha value is -7.41. The van der Waals surface area contributed by atoms with E-state index in [9.17, 15) is 19.5 Å². The molecule has 5 amide bonds. The molecule has 3 fully saturated rings. The van der Waals surface area contributed by atoms with Crippen LogP contribution < -0.4 is 32.3 Å². The van der Waals surface area contributed by atoms with Crippen molar-refractivity contribution < 1.29 is 48.0 Å². The zero-order valence-corrected chi connectivity index (χ0v) is 41.5. The number of hydrogen-bond acceptors (Lipinski definition) is 11. The third-order valence-electron chi connectivity index (χ3n) is 13.9. The van der Waals surface area contributed by atoms with Gasteiger partial charge in [0.25, 0.3) is 5.91 Å². The second kappa shape index (κ2) is 22.4. The molecule has 5 aromatic carbocycles. The molecule has 74 heavy (non-hydrogen) atoms. The summed E-state index contributed by atoms with van der Waals surface area (Å²) in [6, 6.07) is 35.8. The number of hydrogen-bond donors (Lipinski definition) is 8. The molecule has 9 rings (SSSR count). The summed E-state index contributed by atoms with van der Waals surface area (Å²) in [6.07, 6.45) is -2.07. The molecule has 17 heteroatoms. The van der Waals surface area contributed by atoms with Gasteiger partial charge in [-0.1, -0.05) is 121 Å². The monoisotopic (exact) mass is 1010 g/mol. The highest BCUT2D eigenvalue weighted by Crippen LogP contribution is 2.42. The number of carbonyl (C=O) groups excluding carboxylic acids is 5. The molecule has 0 radical (unpaired) electrons. The van der Waals surface area contributed by atoms with E-state index in [1.54, 1.807) is 39.1 Å². The van der Waals surface area contributed by atoms with Gasteiger partial charge in [-0.2, -0.15) is 0 Å². The van der Waals surface area contributed by atoms with Crippen molar-refractivity contribution in [2.75, 3.05) is 6.54 Å². The standard InChI is InChI=1S/C57H63N7O10/c1-34(72-57(37-17-7-4-8-18-37,38-19-9-5-10-20-38)39-21-11-6-12-22-39)46-53(69)64-47-48(71-55-49(47)73-56(2,3)74-55)54(70)62-44(31-35-26-28-40(65)29-27-35)51(67)61-45(32-36-33-59-42-24-14-13-23-41(36)42)52(68)60-43(50(66)63-46)25-15-16-30-58/h4-14,17-24,26-29,33-34,43-49,55,59,65H,15-16,25,30-32,58H2,1-3H3,(H,60,68)(H,61,67)(H,62,70)(H,63,66)(H,64,69)/t34?,43-,44-,45+,46-,47+,48-,49+,55+/m0/s1. The number of unbranched alkanes of at least 4 members (excludes halogenated alkanes) is 1. The lowest BCUT2D eigenvalue weighted by atomic mass is 9.79. The molecule has 1 aromatic heterocycles. The first-order chi connectivity index (χ1) is 35.7. The molecule has 0 spiro atoms. The van der Waals surface area contributed by atoms with Crippen LogP contribution in [0.25, 0.3) is 10.9 Å². The summed E-state index contributed by atoms with van der Waals surface area (Å²) in [6.45, 7) is 5.37. The van der Waals surface area contributed by atoms with Gasteiger partial charge >= 0.3 is 0 Å². The van der Waals surface area contributed by atoms with Crippen molar-refractivity contribution in [1.29, 1.82) is 0 Å². The number of phenols is 1. The summed E-state index contributed by atoms with van der Waals surface area (Å²) in [7, 11) is 0. The maximum absolute atomic E-state index is 15.5. The first-order valence-electron chi connectivity index (χ1n) is 25.1. The van der Waals surface area contributed by atoms with Gasteiger partial charge in [-0.3, -0.25) is 24.0 Å². The molecule has 3 saturated heterocycles. The number of phenolic OH excluding ortho intramolecular Hbond substituents is 1. The fourth-order valence-corrected chi connectivity index (χ4v) is 10.2. The Kier molecular flexibility index (Phi) is 15.6. The topological polar surface area (TPSA) is 244 Å². The van der Waals surface area contributed by atoms with Crippen LogP contribution in [-0.2, 0) is 61.4 Å². The van der Waals surface area contributed by atoms with Crippen molar-refractivity contribution in [3.05, 3.63) is 174 Å². The van der Waals surface area contributed by atoms with E-state index in [0.717, 1.165) is 27.6 Å². The molecule has 3 aliphatic rings. The molecule has 17 nitrogen and oxygen atoms in total. The number of aromatic nitrogens is 1. The number of nitrogens with two attached hydrogens (primary N) is 1. The molecule has 0 aliphatic carbocycles. The molecule has 9 atom stereocenters. The minimum absolute atomic E-state index is 0.00272. The summed E-state index contributed by atoms with van der Waals surface area (Å²) >= 11 is 0. The number of fused-ring (bicyclic) bond motifs is 4. The number of benzene rings is 5. The van der Waals surface area contributed by atoms with Crippen LogP contribution in [0.3, 0.4) is 0 Å². The first-order valence-corrected chi connectivity index (χ1v) is 25.1. The SMILES string of the molecule is CC(OC(c1ccccc1)(c1ccccc1)c1ccccc1)[C@@H]1NC(=O)[C@H](CCCCN)NC(=O)[C@@H](Cc2c[nH]c3ccccc23)NC(=O)[C@H](Cc2ccc(O)cc2)NC(=O)[C@H]2O[C@@H]3OC(C)(C)O[C@@H]3[C@@H]2NC1=O. The van der Waals surface area contributed by atoms with Crippen LogP contribution in [0.1, 0.15) is 67.9 Å². The normalized spacial score (nSPS) is 24.9. The predicted molar refractivity (Wildman–Crippen MR) is 275 cm³/mol. The first kappa shape index (κ1) is 51.5. The van der Waals surface area contributed by atoms with Crippen LogP contribution in [0.4, 0.5) is 0 Å². The number of aromatic amines is 1. The second-order valence-corrected chi connectivity index (χ2v) is 19.6. The molecular weight excluding hydrogens is 943 g/mol. The Balaban J connectivity index is 1.15. The highest BCUT2D eigenvalue weighted by molar-refractivity contribution is 5.97. The molecular formula is C57H63N7O10. The van der Waals surface area contributed by atoms with E-state index >= 15 is 9.59 Å². The minimum Gasteiger partial charge on any atom is -0.508 e. The summed E-state index contributed by atoms with van der Waals surface area (Å²) in [4.78, 5) is 78.3. The van der Waals surface area contributed by atoms with Crippen LogP contribution in [0.2, 0.25) is 0 Å². The zero-order chi connectivity index (χ0) is 52.0. The van der Waals surface area contributed by atoms with Crippen molar-refractivity contribution >= 4 is 40.4 Å². The van der Waals surface area contributed by atoms with Gasteiger partial charge in [-0.15, -0.1) is 0 Å². The van der Waals surface area contributed by atoms with E-state index in [2.05, 4.69) is 31.6 Å². The fraction of sp³-hybridized carbons (Fsp3) is 0.351. The van der Waals surface area contributed by atoms with Crippen LogP contribution >= 0.6 is 0 Å². The number of para-hydroxylation sites is 1. The average Bonchev–Trinajstić information content (AvgIpc) is 4.07. The van der Waals surface area contributed by atoms with Crippen LogP contribution in [0.5, 0.6) is 5.75 Å².